The third-order valence-electron chi connectivity index (χ3n) is 2.15. The first-order valence-electron chi connectivity index (χ1n) is 4.48. The van der Waals surface area contributed by atoms with Crippen LogP contribution in [0.3, 0.4) is 0 Å². The van der Waals surface area contributed by atoms with Crippen LogP contribution in [0.1, 0.15) is 12.0 Å². The molecule has 1 aliphatic carbocycles. The van der Waals surface area contributed by atoms with E-state index < -0.39 is 0 Å². The van der Waals surface area contributed by atoms with Crippen LogP contribution in [0, 0.1) is 0 Å². The van der Waals surface area contributed by atoms with Crippen LogP contribution in [0.15, 0.2) is 48.6 Å². The lowest BCUT2D eigenvalue weighted by Crippen LogP contribution is -1.97. The summed E-state index contributed by atoms with van der Waals surface area (Å²) in [6.45, 7) is 0. The zero-order valence-electron chi connectivity index (χ0n) is 7.35. The monoisotopic (exact) mass is 188 g/mol. The lowest BCUT2D eigenvalue weighted by Gasteiger charge is -2.11. The predicted octanol–water partition coefficient (Wildman–Crippen LogP) is 3.33. The van der Waals surface area contributed by atoms with E-state index in [2.05, 4.69) is 55.1 Å². The molecule has 1 heteroatoms. The number of rotatable bonds is 1. The number of allylic oxidation sites excluding steroid dienone is 3. The summed E-state index contributed by atoms with van der Waals surface area (Å²) in [6, 6.07) is 10.4. The maximum absolute atomic E-state index is 4.44. The molecule has 0 saturated carbocycles. The molecule has 0 aromatic heterocycles. The molecule has 1 aromatic rings. The van der Waals surface area contributed by atoms with E-state index in [1.165, 1.54) is 11.1 Å². The SMILES string of the molecule is SC1C=C(c2ccccc2)C=CC1. The molecule has 0 spiro atoms. The first kappa shape index (κ1) is 8.64. The molecule has 0 saturated heterocycles. The van der Waals surface area contributed by atoms with Gasteiger partial charge in [-0.25, -0.2) is 0 Å². The van der Waals surface area contributed by atoms with Gasteiger partial charge in [0.15, 0.2) is 0 Å². The van der Waals surface area contributed by atoms with Gasteiger partial charge < -0.3 is 0 Å². The molecule has 0 nitrogen and oxygen atoms in total. The second kappa shape index (κ2) is 3.84. The van der Waals surface area contributed by atoms with Gasteiger partial charge >= 0.3 is 0 Å². The van der Waals surface area contributed by atoms with Gasteiger partial charge in [-0.15, -0.1) is 0 Å². The van der Waals surface area contributed by atoms with Crippen LogP contribution in [0.4, 0.5) is 0 Å². The van der Waals surface area contributed by atoms with Gasteiger partial charge in [0.05, 0.1) is 0 Å². The summed E-state index contributed by atoms with van der Waals surface area (Å²) in [4.78, 5) is 0. The normalized spacial score (nSPS) is 21.3. The fourth-order valence-corrected chi connectivity index (χ4v) is 1.77. The standard InChI is InChI=1S/C12H12S/c13-12-8-4-7-11(9-12)10-5-2-1-3-6-10/h1-7,9,12-13H,8H2. The summed E-state index contributed by atoms with van der Waals surface area (Å²) in [5.41, 5.74) is 2.56. The lowest BCUT2D eigenvalue weighted by atomic mass is 10.00. The summed E-state index contributed by atoms with van der Waals surface area (Å²) >= 11 is 4.44. The first-order chi connectivity index (χ1) is 6.36. The maximum atomic E-state index is 4.44. The highest BCUT2D eigenvalue weighted by Crippen LogP contribution is 2.23. The topological polar surface area (TPSA) is 0 Å². The number of hydrogen-bond donors (Lipinski definition) is 1. The van der Waals surface area contributed by atoms with Crippen molar-refractivity contribution in [1.82, 2.24) is 0 Å². The second-order valence-corrected chi connectivity index (χ2v) is 3.86. The van der Waals surface area contributed by atoms with Crippen LogP contribution in [-0.2, 0) is 0 Å². The van der Waals surface area contributed by atoms with E-state index in [1.54, 1.807) is 0 Å². The van der Waals surface area contributed by atoms with E-state index in [0.29, 0.717) is 5.25 Å². The molecule has 0 radical (unpaired) electrons. The molecule has 1 aromatic carbocycles. The van der Waals surface area contributed by atoms with Gasteiger partial charge in [0.25, 0.3) is 0 Å². The van der Waals surface area contributed by atoms with E-state index in [-0.39, 0.29) is 0 Å². The van der Waals surface area contributed by atoms with E-state index in [9.17, 15) is 0 Å². The Morgan fingerprint density at radius 3 is 2.62 bits per heavy atom. The van der Waals surface area contributed by atoms with Crippen molar-refractivity contribution in [3.05, 3.63) is 54.1 Å². The van der Waals surface area contributed by atoms with Gasteiger partial charge in [-0.2, -0.15) is 12.6 Å². The largest absolute Gasteiger partial charge is 0.171 e. The minimum atomic E-state index is 0.375. The molecular weight excluding hydrogens is 176 g/mol. The Bertz CT molecular complexity index is 335. The zero-order chi connectivity index (χ0) is 9.10. The molecule has 66 valence electrons. The van der Waals surface area contributed by atoms with Gasteiger partial charge in [-0.05, 0) is 17.6 Å². The lowest BCUT2D eigenvalue weighted by molar-refractivity contribution is 1.07. The van der Waals surface area contributed by atoms with Gasteiger partial charge in [-0.1, -0.05) is 48.6 Å². The van der Waals surface area contributed by atoms with Crippen molar-refractivity contribution in [2.24, 2.45) is 0 Å². The second-order valence-electron chi connectivity index (χ2n) is 3.19. The zero-order valence-corrected chi connectivity index (χ0v) is 8.24. The molecule has 1 unspecified atom stereocenters. The fourth-order valence-electron chi connectivity index (χ4n) is 1.49. The number of benzene rings is 1. The van der Waals surface area contributed by atoms with Crippen molar-refractivity contribution in [2.45, 2.75) is 11.7 Å². The van der Waals surface area contributed by atoms with Crippen LogP contribution in [-0.4, -0.2) is 5.25 Å². The summed E-state index contributed by atoms with van der Waals surface area (Å²) in [7, 11) is 0. The summed E-state index contributed by atoms with van der Waals surface area (Å²) in [5, 5.41) is 0.375. The van der Waals surface area contributed by atoms with Crippen molar-refractivity contribution in [3.8, 4) is 0 Å². The Morgan fingerprint density at radius 1 is 1.15 bits per heavy atom. The Hall–Kier alpha value is -0.950. The molecule has 0 amide bonds. The van der Waals surface area contributed by atoms with E-state index in [1.807, 2.05) is 6.07 Å². The highest BCUT2D eigenvalue weighted by molar-refractivity contribution is 7.81. The Morgan fingerprint density at radius 2 is 1.92 bits per heavy atom. The summed E-state index contributed by atoms with van der Waals surface area (Å²) in [6.07, 6.45) is 7.60. The number of thiol groups is 1. The average Bonchev–Trinajstić information content (AvgIpc) is 2.19. The third kappa shape index (κ3) is 2.04. The molecular formula is C12H12S. The maximum Gasteiger partial charge on any atom is 0.0240 e. The Labute approximate surface area is 84.4 Å². The van der Waals surface area contributed by atoms with E-state index >= 15 is 0 Å². The Balaban J connectivity index is 2.32. The molecule has 0 fully saturated rings. The average molecular weight is 188 g/mol. The molecule has 0 N–H and O–H groups in total. The molecule has 0 bridgehead atoms. The molecule has 0 aliphatic heterocycles. The minimum absolute atomic E-state index is 0.375. The smallest absolute Gasteiger partial charge is 0.0240 e. The minimum Gasteiger partial charge on any atom is -0.171 e. The van der Waals surface area contributed by atoms with Gasteiger partial charge in [-0.3, -0.25) is 0 Å². The summed E-state index contributed by atoms with van der Waals surface area (Å²) in [5.74, 6) is 0. The van der Waals surface area contributed by atoms with Crippen molar-refractivity contribution in [1.29, 1.82) is 0 Å². The molecule has 1 atom stereocenters. The van der Waals surface area contributed by atoms with Gasteiger partial charge in [0, 0.05) is 5.25 Å². The first-order valence-corrected chi connectivity index (χ1v) is 5.00. The Kier molecular flexibility index (Phi) is 2.55. The predicted molar refractivity (Wildman–Crippen MR) is 61.0 cm³/mol. The fraction of sp³-hybridized carbons (Fsp3) is 0.167. The molecule has 2 rings (SSSR count). The van der Waals surface area contributed by atoms with Crippen molar-refractivity contribution < 1.29 is 0 Å². The van der Waals surface area contributed by atoms with Crippen LogP contribution in [0.2, 0.25) is 0 Å². The van der Waals surface area contributed by atoms with Crippen LogP contribution < -0.4 is 0 Å². The number of hydrogen-bond acceptors (Lipinski definition) is 1. The van der Waals surface area contributed by atoms with Crippen LogP contribution in [0.5, 0.6) is 0 Å². The van der Waals surface area contributed by atoms with Gasteiger partial charge in [0.1, 0.15) is 0 Å². The highest BCUT2D eigenvalue weighted by Gasteiger charge is 2.05. The molecule has 1 aliphatic rings. The third-order valence-corrected chi connectivity index (χ3v) is 2.51. The van der Waals surface area contributed by atoms with Crippen LogP contribution in [0.25, 0.3) is 5.57 Å². The highest BCUT2D eigenvalue weighted by atomic mass is 32.1. The quantitative estimate of drug-likeness (QED) is 0.642. The van der Waals surface area contributed by atoms with E-state index in [0.717, 1.165) is 6.42 Å². The van der Waals surface area contributed by atoms with Crippen LogP contribution >= 0.6 is 12.6 Å². The molecule has 0 heterocycles. The van der Waals surface area contributed by atoms with Gasteiger partial charge in [0.2, 0.25) is 0 Å². The van der Waals surface area contributed by atoms with Crippen molar-refractivity contribution in [2.75, 3.05) is 0 Å². The van der Waals surface area contributed by atoms with E-state index in [4.69, 9.17) is 0 Å². The van der Waals surface area contributed by atoms with Crippen molar-refractivity contribution >= 4 is 18.2 Å². The molecule has 13 heavy (non-hydrogen) atoms. The summed E-state index contributed by atoms with van der Waals surface area (Å²) < 4.78 is 0. The van der Waals surface area contributed by atoms with Crippen molar-refractivity contribution in [3.63, 3.8) is 0 Å².